The van der Waals surface area contributed by atoms with E-state index in [-0.39, 0.29) is 18.3 Å². The third kappa shape index (κ3) is 2.67. The molecule has 0 spiro atoms. The van der Waals surface area contributed by atoms with Crippen LogP contribution in [0, 0.1) is 0 Å². The van der Waals surface area contributed by atoms with E-state index in [1.54, 1.807) is 0 Å². The molecule has 0 atom stereocenters. The Kier molecular flexibility index (Phi) is 4.08. The van der Waals surface area contributed by atoms with Gasteiger partial charge in [0, 0.05) is 8.95 Å². The standard InChI is InChI=1S/C20H19BBr2O2/c1-19(2)20(3,4)25-21(24-19)12-9-10-15-16(11-12)18(23)14-8-6-5-7-13(14)17(15)22/h5-11H,1-4H3. The Balaban J connectivity index is 1.89. The van der Waals surface area contributed by atoms with Gasteiger partial charge in [-0.3, -0.25) is 0 Å². The zero-order chi connectivity index (χ0) is 18.0. The highest BCUT2D eigenvalue weighted by molar-refractivity contribution is 9.11. The van der Waals surface area contributed by atoms with Crippen LogP contribution in [0.3, 0.4) is 0 Å². The van der Waals surface area contributed by atoms with E-state index in [9.17, 15) is 0 Å². The minimum absolute atomic E-state index is 0.339. The summed E-state index contributed by atoms with van der Waals surface area (Å²) in [4.78, 5) is 0. The number of rotatable bonds is 1. The molecule has 25 heavy (non-hydrogen) atoms. The van der Waals surface area contributed by atoms with Gasteiger partial charge in [-0.15, -0.1) is 0 Å². The van der Waals surface area contributed by atoms with E-state index in [2.05, 4.69) is 102 Å². The van der Waals surface area contributed by atoms with Crippen LogP contribution in [0.2, 0.25) is 0 Å². The monoisotopic (exact) mass is 460 g/mol. The highest BCUT2D eigenvalue weighted by Crippen LogP contribution is 2.40. The van der Waals surface area contributed by atoms with Crippen molar-refractivity contribution in [1.82, 2.24) is 0 Å². The first-order valence-electron chi connectivity index (χ1n) is 8.36. The first-order valence-corrected chi connectivity index (χ1v) is 9.95. The van der Waals surface area contributed by atoms with Crippen LogP contribution in [0.1, 0.15) is 27.7 Å². The molecule has 0 amide bonds. The molecule has 0 bridgehead atoms. The van der Waals surface area contributed by atoms with Crippen LogP contribution in [0.5, 0.6) is 0 Å². The second-order valence-corrected chi connectivity index (χ2v) is 9.15. The van der Waals surface area contributed by atoms with Crippen LogP contribution in [0.15, 0.2) is 51.4 Å². The topological polar surface area (TPSA) is 18.5 Å². The zero-order valence-corrected chi connectivity index (χ0v) is 17.9. The van der Waals surface area contributed by atoms with E-state index in [4.69, 9.17) is 9.31 Å². The quantitative estimate of drug-likeness (QED) is 0.336. The van der Waals surface area contributed by atoms with E-state index < -0.39 is 0 Å². The van der Waals surface area contributed by atoms with E-state index in [0.717, 1.165) is 19.8 Å². The van der Waals surface area contributed by atoms with E-state index in [0.29, 0.717) is 0 Å². The van der Waals surface area contributed by atoms with Crippen molar-refractivity contribution in [3.8, 4) is 0 Å². The lowest BCUT2D eigenvalue weighted by atomic mass is 9.78. The fourth-order valence-corrected chi connectivity index (χ4v) is 4.58. The Labute approximate surface area is 165 Å². The summed E-state index contributed by atoms with van der Waals surface area (Å²) in [6.07, 6.45) is 0. The van der Waals surface area contributed by atoms with Crippen LogP contribution in [-0.2, 0) is 9.31 Å². The zero-order valence-electron chi connectivity index (χ0n) is 14.7. The molecule has 1 saturated heterocycles. The van der Waals surface area contributed by atoms with E-state index in [1.807, 2.05) is 0 Å². The summed E-state index contributed by atoms with van der Waals surface area (Å²) in [6.45, 7) is 8.31. The van der Waals surface area contributed by atoms with Crippen molar-refractivity contribution in [3.63, 3.8) is 0 Å². The molecule has 3 aromatic carbocycles. The highest BCUT2D eigenvalue weighted by Gasteiger charge is 2.51. The molecule has 1 aliphatic heterocycles. The lowest BCUT2D eigenvalue weighted by Crippen LogP contribution is -2.41. The Morgan fingerprint density at radius 3 is 1.76 bits per heavy atom. The molecule has 1 fully saturated rings. The summed E-state index contributed by atoms with van der Waals surface area (Å²) in [6, 6.07) is 14.8. The molecule has 0 N–H and O–H groups in total. The maximum Gasteiger partial charge on any atom is 0.494 e. The molecule has 5 heteroatoms. The van der Waals surface area contributed by atoms with Crippen LogP contribution in [-0.4, -0.2) is 18.3 Å². The van der Waals surface area contributed by atoms with Gasteiger partial charge in [0.2, 0.25) is 0 Å². The summed E-state index contributed by atoms with van der Waals surface area (Å²) < 4.78 is 14.6. The predicted molar refractivity (Wildman–Crippen MR) is 113 cm³/mol. The highest BCUT2D eigenvalue weighted by atomic mass is 79.9. The Morgan fingerprint density at radius 1 is 0.720 bits per heavy atom. The molecular formula is C20H19BBr2O2. The van der Waals surface area contributed by atoms with Gasteiger partial charge in [0.15, 0.2) is 0 Å². The summed E-state index contributed by atoms with van der Waals surface area (Å²) in [5, 5.41) is 4.71. The molecule has 0 saturated carbocycles. The smallest absolute Gasteiger partial charge is 0.399 e. The van der Waals surface area contributed by atoms with Crippen LogP contribution >= 0.6 is 31.9 Å². The third-order valence-corrected chi connectivity index (χ3v) is 7.15. The number of hydrogen-bond donors (Lipinski definition) is 0. The summed E-state index contributed by atoms with van der Waals surface area (Å²) in [5.74, 6) is 0. The van der Waals surface area contributed by atoms with Gasteiger partial charge in [0.1, 0.15) is 0 Å². The molecule has 128 valence electrons. The Morgan fingerprint density at radius 2 is 1.20 bits per heavy atom. The average Bonchev–Trinajstić information content (AvgIpc) is 2.80. The first-order chi connectivity index (χ1) is 11.7. The summed E-state index contributed by atoms with van der Waals surface area (Å²) in [7, 11) is -0.355. The fraction of sp³-hybridized carbons (Fsp3) is 0.300. The molecule has 0 unspecified atom stereocenters. The van der Waals surface area contributed by atoms with Gasteiger partial charge in [-0.1, -0.05) is 42.5 Å². The number of hydrogen-bond acceptors (Lipinski definition) is 2. The molecule has 3 aromatic rings. The first kappa shape index (κ1) is 17.5. The molecular weight excluding hydrogens is 443 g/mol. The maximum atomic E-state index is 6.21. The molecule has 0 aromatic heterocycles. The molecule has 1 aliphatic rings. The van der Waals surface area contributed by atoms with Crippen molar-refractivity contribution in [1.29, 1.82) is 0 Å². The van der Waals surface area contributed by atoms with Crippen molar-refractivity contribution in [2.45, 2.75) is 38.9 Å². The normalized spacial score (nSPS) is 19.0. The number of benzene rings is 3. The van der Waals surface area contributed by atoms with Gasteiger partial charge >= 0.3 is 7.12 Å². The third-order valence-electron chi connectivity index (χ3n) is 5.44. The Hall–Kier alpha value is -0.875. The van der Waals surface area contributed by atoms with Crippen molar-refractivity contribution in [2.75, 3.05) is 0 Å². The van der Waals surface area contributed by atoms with E-state index in [1.165, 1.54) is 16.2 Å². The second-order valence-electron chi connectivity index (χ2n) is 7.57. The van der Waals surface area contributed by atoms with Gasteiger partial charge < -0.3 is 9.31 Å². The molecule has 2 nitrogen and oxygen atoms in total. The maximum absolute atomic E-state index is 6.21. The fourth-order valence-electron chi connectivity index (χ4n) is 3.22. The average molecular weight is 462 g/mol. The van der Waals surface area contributed by atoms with Gasteiger partial charge in [0.05, 0.1) is 11.2 Å². The van der Waals surface area contributed by atoms with Gasteiger partial charge in [0.25, 0.3) is 0 Å². The van der Waals surface area contributed by atoms with Crippen LogP contribution in [0.25, 0.3) is 21.5 Å². The number of halogens is 2. The van der Waals surface area contributed by atoms with Crippen LogP contribution < -0.4 is 5.46 Å². The van der Waals surface area contributed by atoms with Crippen molar-refractivity contribution in [2.24, 2.45) is 0 Å². The lowest BCUT2D eigenvalue weighted by Gasteiger charge is -2.32. The molecule has 4 rings (SSSR count). The van der Waals surface area contributed by atoms with Crippen molar-refractivity contribution < 1.29 is 9.31 Å². The number of fused-ring (bicyclic) bond motifs is 2. The molecule has 0 radical (unpaired) electrons. The van der Waals surface area contributed by atoms with Crippen molar-refractivity contribution >= 4 is 66.0 Å². The molecule has 0 aliphatic carbocycles. The van der Waals surface area contributed by atoms with Gasteiger partial charge in [-0.05, 0) is 86.6 Å². The van der Waals surface area contributed by atoms with Gasteiger partial charge in [-0.2, -0.15) is 0 Å². The predicted octanol–water partition coefficient (Wildman–Crippen LogP) is 5.82. The summed E-state index contributed by atoms with van der Waals surface area (Å²) >= 11 is 7.58. The summed E-state index contributed by atoms with van der Waals surface area (Å²) in [5.41, 5.74) is 0.357. The van der Waals surface area contributed by atoms with Crippen molar-refractivity contribution in [3.05, 3.63) is 51.4 Å². The van der Waals surface area contributed by atoms with Gasteiger partial charge in [-0.25, -0.2) is 0 Å². The Bertz CT molecular complexity index is 982. The van der Waals surface area contributed by atoms with Crippen LogP contribution in [0.4, 0.5) is 0 Å². The minimum atomic E-state index is -0.355. The van der Waals surface area contributed by atoms with E-state index >= 15 is 0 Å². The second kappa shape index (κ2) is 5.81. The largest absolute Gasteiger partial charge is 0.494 e. The molecule has 1 heterocycles. The minimum Gasteiger partial charge on any atom is -0.399 e. The lowest BCUT2D eigenvalue weighted by molar-refractivity contribution is 0.00578. The SMILES string of the molecule is CC1(C)OB(c2ccc3c(Br)c4ccccc4c(Br)c3c2)OC1(C)C.